The molecule has 5 fully saturated rings. The fourth-order valence-electron chi connectivity index (χ4n) is 10.4. The lowest BCUT2D eigenvalue weighted by molar-refractivity contribution is -0.157. The van der Waals surface area contributed by atoms with Crippen LogP contribution in [0.15, 0.2) is 0 Å². The molecule has 0 amide bonds. The molecule has 4 aliphatic carbocycles. The molecule has 0 N–H and O–H groups in total. The van der Waals surface area contributed by atoms with Crippen LogP contribution in [0.2, 0.25) is 5.31 Å². The number of ether oxygens (including phenoxy) is 3. The summed E-state index contributed by atoms with van der Waals surface area (Å²) >= 11 is 0. The first kappa shape index (κ1) is 24.7. The SMILES string of the molecule is [B][C@]12C[C@@H](OC(C)=O)CC[C@]13C1CC[C@]4(C)[C@@H]([C@H](C)CCC(=O)OC)CC[C@H]4[C@@H]1C[C@H]2O[C@@H]3C. The second-order valence-corrected chi connectivity index (χ2v) is 12.8. The van der Waals surface area contributed by atoms with Crippen LogP contribution in [0.1, 0.15) is 91.9 Å². The molecule has 0 spiro atoms. The maximum atomic E-state index is 11.8. The molecule has 1 unspecified atom stereocenters. The van der Waals surface area contributed by atoms with Crippen LogP contribution in [0.25, 0.3) is 0 Å². The van der Waals surface area contributed by atoms with E-state index in [1.165, 1.54) is 39.7 Å². The first-order valence-corrected chi connectivity index (χ1v) is 13.7. The van der Waals surface area contributed by atoms with Crippen molar-refractivity contribution in [2.45, 2.75) is 116 Å². The summed E-state index contributed by atoms with van der Waals surface area (Å²) in [5.74, 6) is 2.87. The summed E-state index contributed by atoms with van der Waals surface area (Å²) < 4.78 is 17.3. The summed E-state index contributed by atoms with van der Waals surface area (Å²) in [5.41, 5.74) is 0.326. The van der Waals surface area contributed by atoms with E-state index in [-0.39, 0.29) is 35.7 Å². The average molecular weight is 470 g/mol. The molecular weight excluding hydrogens is 427 g/mol. The van der Waals surface area contributed by atoms with Crippen LogP contribution < -0.4 is 0 Å². The van der Waals surface area contributed by atoms with Crippen LogP contribution in [0.4, 0.5) is 0 Å². The fraction of sp³-hybridized carbons (Fsp3) is 0.929. The van der Waals surface area contributed by atoms with Gasteiger partial charge >= 0.3 is 11.9 Å². The fourth-order valence-corrected chi connectivity index (χ4v) is 10.4. The van der Waals surface area contributed by atoms with E-state index in [0.29, 0.717) is 41.4 Å². The first-order chi connectivity index (χ1) is 16.1. The van der Waals surface area contributed by atoms with Gasteiger partial charge in [0, 0.05) is 13.3 Å². The van der Waals surface area contributed by atoms with E-state index in [0.717, 1.165) is 32.1 Å². The Morgan fingerprint density at radius 2 is 1.91 bits per heavy atom. The van der Waals surface area contributed by atoms with Gasteiger partial charge in [-0.2, -0.15) is 0 Å². The minimum atomic E-state index is -0.397. The molecule has 0 aromatic carbocycles. The predicted molar refractivity (Wildman–Crippen MR) is 130 cm³/mol. The third-order valence-electron chi connectivity index (χ3n) is 11.7. The van der Waals surface area contributed by atoms with Crippen LogP contribution in [-0.2, 0) is 23.8 Å². The van der Waals surface area contributed by atoms with Crippen molar-refractivity contribution in [1.82, 2.24) is 0 Å². The molecule has 1 aliphatic heterocycles. The van der Waals surface area contributed by atoms with E-state index in [1.54, 1.807) is 0 Å². The Kier molecular flexibility index (Phi) is 6.18. The van der Waals surface area contributed by atoms with E-state index in [4.69, 9.17) is 22.1 Å². The van der Waals surface area contributed by atoms with Crippen molar-refractivity contribution in [3.8, 4) is 0 Å². The van der Waals surface area contributed by atoms with Gasteiger partial charge in [0.1, 0.15) is 6.10 Å². The number of hydrogen-bond acceptors (Lipinski definition) is 5. The zero-order chi connectivity index (χ0) is 24.5. The molecule has 6 heteroatoms. The van der Waals surface area contributed by atoms with Gasteiger partial charge in [-0.1, -0.05) is 13.8 Å². The highest BCUT2D eigenvalue weighted by Crippen LogP contribution is 2.77. The van der Waals surface area contributed by atoms with Crippen LogP contribution in [0, 0.1) is 40.4 Å². The summed E-state index contributed by atoms with van der Waals surface area (Å²) in [7, 11) is 8.82. The zero-order valence-corrected chi connectivity index (χ0v) is 21.8. The number of rotatable bonds is 5. The van der Waals surface area contributed by atoms with Gasteiger partial charge in [-0.05, 0) is 110 Å². The molecule has 5 rings (SSSR count). The normalized spacial score (nSPS) is 50.0. The predicted octanol–water partition coefficient (Wildman–Crippen LogP) is 5.25. The molecule has 0 aromatic heterocycles. The molecule has 0 aromatic rings. The van der Waals surface area contributed by atoms with Crippen molar-refractivity contribution >= 4 is 19.8 Å². The minimum absolute atomic E-state index is 0.00680. The summed E-state index contributed by atoms with van der Waals surface area (Å²) in [6, 6.07) is 0. The topological polar surface area (TPSA) is 61.8 Å². The zero-order valence-electron chi connectivity index (χ0n) is 21.8. The smallest absolute Gasteiger partial charge is 0.305 e. The maximum Gasteiger partial charge on any atom is 0.305 e. The highest BCUT2D eigenvalue weighted by atomic mass is 16.5. The van der Waals surface area contributed by atoms with E-state index in [9.17, 15) is 9.59 Å². The molecule has 5 nitrogen and oxygen atoms in total. The molecule has 2 bridgehead atoms. The highest BCUT2D eigenvalue weighted by molar-refractivity contribution is 6.17. The Balaban J connectivity index is 1.38. The third kappa shape index (κ3) is 3.36. The van der Waals surface area contributed by atoms with Crippen LogP contribution in [0.5, 0.6) is 0 Å². The Bertz CT molecular complexity index is 832. The van der Waals surface area contributed by atoms with E-state index in [1.807, 2.05) is 0 Å². The molecule has 34 heavy (non-hydrogen) atoms. The molecule has 11 atom stereocenters. The Morgan fingerprint density at radius 1 is 1.15 bits per heavy atom. The number of methoxy groups -OCH3 is 1. The van der Waals surface area contributed by atoms with E-state index in [2.05, 4.69) is 20.8 Å². The Morgan fingerprint density at radius 3 is 2.62 bits per heavy atom. The quantitative estimate of drug-likeness (QED) is 0.406. The number of esters is 2. The number of fused-ring (bicyclic) bond motifs is 3. The molecule has 4 saturated carbocycles. The van der Waals surface area contributed by atoms with Gasteiger partial charge in [0.15, 0.2) is 0 Å². The lowest BCUT2D eigenvalue weighted by atomic mass is 9.34. The van der Waals surface area contributed by atoms with Crippen LogP contribution >= 0.6 is 0 Å². The Labute approximate surface area is 206 Å². The van der Waals surface area contributed by atoms with E-state index >= 15 is 0 Å². The van der Waals surface area contributed by atoms with Gasteiger partial charge < -0.3 is 14.2 Å². The van der Waals surface area contributed by atoms with Gasteiger partial charge in [-0.15, -0.1) is 0 Å². The second-order valence-electron chi connectivity index (χ2n) is 12.8. The molecule has 188 valence electrons. The number of hydrogen-bond donors (Lipinski definition) is 0. The van der Waals surface area contributed by atoms with E-state index < -0.39 is 5.31 Å². The summed E-state index contributed by atoms with van der Waals surface area (Å²) in [6.45, 7) is 8.66. The summed E-state index contributed by atoms with van der Waals surface area (Å²) in [4.78, 5) is 23.4. The molecule has 2 radical (unpaired) electrons. The standard InChI is InChI=1S/C28H43BO5/c1-16(6-9-25(31)32-5)21-7-8-22-20-14-24-28(29)15-19(34-18(3)30)10-13-27(28,17(2)33-24)23(20)11-12-26(21,22)4/h16-17,19-24H,6-15H2,1-5H3/t16-,17-,19+,20+,21-,22+,23?,24-,26-,27+,28+/m1/s1. The van der Waals surface area contributed by atoms with Crippen molar-refractivity contribution in [3.05, 3.63) is 0 Å². The van der Waals surface area contributed by atoms with Gasteiger partial charge in [-0.3, -0.25) is 9.59 Å². The van der Waals surface area contributed by atoms with Crippen molar-refractivity contribution < 1.29 is 23.8 Å². The van der Waals surface area contributed by atoms with Gasteiger partial charge in [0.25, 0.3) is 0 Å². The first-order valence-electron chi connectivity index (χ1n) is 13.7. The van der Waals surface area contributed by atoms with Crippen molar-refractivity contribution in [2.24, 2.45) is 40.4 Å². The molecule has 1 heterocycles. The Hall–Kier alpha value is -1.04. The molecule has 1 saturated heterocycles. The maximum absolute atomic E-state index is 11.8. The van der Waals surface area contributed by atoms with Gasteiger partial charge in [-0.25, -0.2) is 0 Å². The van der Waals surface area contributed by atoms with Crippen LogP contribution in [-0.4, -0.2) is 45.2 Å². The van der Waals surface area contributed by atoms with Gasteiger partial charge in [0.05, 0.1) is 27.2 Å². The third-order valence-corrected chi connectivity index (χ3v) is 11.7. The van der Waals surface area contributed by atoms with Crippen molar-refractivity contribution in [3.63, 3.8) is 0 Å². The van der Waals surface area contributed by atoms with Crippen LogP contribution in [0.3, 0.4) is 0 Å². The highest BCUT2D eigenvalue weighted by Gasteiger charge is 2.73. The molecule has 5 aliphatic rings. The molecular formula is C28H43BO5. The van der Waals surface area contributed by atoms with Gasteiger partial charge in [0.2, 0.25) is 0 Å². The lowest BCUT2D eigenvalue weighted by Gasteiger charge is -2.65. The average Bonchev–Trinajstić information content (AvgIpc) is 3.19. The lowest BCUT2D eigenvalue weighted by Crippen LogP contribution is -2.60. The largest absolute Gasteiger partial charge is 0.469 e. The van der Waals surface area contributed by atoms with Crippen molar-refractivity contribution in [1.29, 1.82) is 0 Å². The number of carbonyl (C=O) groups excluding carboxylic acids is 2. The van der Waals surface area contributed by atoms with Crippen molar-refractivity contribution in [2.75, 3.05) is 7.11 Å². The minimum Gasteiger partial charge on any atom is -0.469 e. The monoisotopic (exact) mass is 470 g/mol. The second kappa shape index (κ2) is 8.52. The summed E-state index contributed by atoms with van der Waals surface area (Å²) in [5, 5.41) is -0.397. The number of carbonyl (C=O) groups is 2. The summed E-state index contributed by atoms with van der Waals surface area (Å²) in [6.07, 6.45) is 10.3.